The highest BCUT2D eigenvalue weighted by Crippen LogP contribution is 2.24. The number of hydrogen-bond acceptors (Lipinski definition) is 2. The van der Waals surface area contributed by atoms with Crippen molar-refractivity contribution in [2.45, 2.75) is 0 Å². The number of nitrogens with zero attached hydrogens (tertiary/aromatic N) is 3. The monoisotopic (exact) mass is 237 g/mol. The summed E-state index contributed by atoms with van der Waals surface area (Å²) in [4.78, 5) is 0. The van der Waals surface area contributed by atoms with Crippen LogP contribution >= 0.6 is 23.2 Å². The molecule has 2 aromatic rings. The number of rotatable bonds is 1. The average molecular weight is 238 g/mol. The molecule has 1 aromatic heterocycles. The van der Waals surface area contributed by atoms with Crippen LogP contribution in [0.5, 0.6) is 0 Å². The second-order valence-electron chi connectivity index (χ2n) is 2.88. The van der Waals surface area contributed by atoms with Gasteiger partial charge in [0.15, 0.2) is 0 Å². The van der Waals surface area contributed by atoms with Gasteiger partial charge in [-0.1, -0.05) is 23.2 Å². The first-order valence-electron chi connectivity index (χ1n) is 4.11. The molecule has 0 spiro atoms. The van der Waals surface area contributed by atoms with Crippen molar-refractivity contribution in [3.63, 3.8) is 0 Å². The van der Waals surface area contributed by atoms with Gasteiger partial charge in [-0.05, 0) is 18.2 Å². The molecule has 0 saturated carbocycles. The van der Waals surface area contributed by atoms with Gasteiger partial charge in [0.05, 0.1) is 27.5 Å². The molecular formula is C10H5Cl2N3. The summed E-state index contributed by atoms with van der Waals surface area (Å²) in [6.07, 6.45) is 3.11. The molecule has 0 saturated heterocycles. The number of halogens is 2. The summed E-state index contributed by atoms with van der Waals surface area (Å²) in [6.45, 7) is 0. The molecule has 2 rings (SSSR count). The molecule has 0 bridgehead atoms. The zero-order valence-electron chi connectivity index (χ0n) is 7.48. The first kappa shape index (κ1) is 10.0. The predicted octanol–water partition coefficient (Wildman–Crippen LogP) is 3.05. The van der Waals surface area contributed by atoms with E-state index in [1.54, 1.807) is 29.1 Å². The van der Waals surface area contributed by atoms with Crippen LogP contribution in [-0.2, 0) is 0 Å². The fraction of sp³-hybridized carbons (Fsp3) is 0. The minimum Gasteiger partial charge on any atom is -0.240 e. The van der Waals surface area contributed by atoms with Crippen molar-refractivity contribution < 1.29 is 0 Å². The van der Waals surface area contributed by atoms with E-state index < -0.39 is 0 Å². The highest BCUT2D eigenvalue weighted by Gasteiger charge is 2.03. The Hall–Kier alpha value is -1.50. The summed E-state index contributed by atoms with van der Waals surface area (Å²) in [5.74, 6) is 0. The summed E-state index contributed by atoms with van der Waals surface area (Å²) < 4.78 is 1.57. The lowest BCUT2D eigenvalue weighted by Crippen LogP contribution is -1.93. The summed E-state index contributed by atoms with van der Waals surface area (Å²) in [5.41, 5.74) is 1.27. The second kappa shape index (κ2) is 3.93. The largest absolute Gasteiger partial charge is 0.240 e. The zero-order chi connectivity index (χ0) is 10.8. The van der Waals surface area contributed by atoms with Gasteiger partial charge in [0.25, 0.3) is 0 Å². The molecule has 0 fully saturated rings. The highest BCUT2D eigenvalue weighted by molar-refractivity contribution is 6.42. The van der Waals surface area contributed by atoms with E-state index in [0.717, 1.165) is 5.69 Å². The standard InChI is InChI=1S/C10H5Cl2N3/c11-9-2-1-8(3-10(9)12)15-6-7(4-13)5-14-15/h1-3,5-6H. The number of hydrogen-bond donors (Lipinski definition) is 0. The Labute approximate surface area is 96.5 Å². The first-order chi connectivity index (χ1) is 7.20. The number of benzene rings is 1. The van der Waals surface area contributed by atoms with Gasteiger partial charge in [0, 0.05) is 6.20 Å². The highest BCUT2D eigenvalue weighted by atomic mass is 35.5. The third kappa shape index (κ3) is 1.96. The van der Waals surface area contributed by atoms with Gasteiger partial charge in [-0.2, -0.15) is 10.4 Å². The molecule has 0 amide bonds. The van der Waals surface area contributed by atoms with Crippen LogP contribution in [0.15, 0.2) is 30.6 Å². The van der Waals surface area contributed by atoms with Crippen LogP contribution in [0.3, 0.4) is 0 Å². The molecule has 0 aliphatic carbocycles. The van der Waals surface area contributed by atoms with Crippen LogP contribution in [0.25, 0.3) is 5.69 Å². The van der Waals surface area contributed by atoms with Gasteiger partial charge < -0.3 is 0 Å². The Morgan fingerprint density at radius 2 is 2.07 bits per heavy atom. The Morgan fingerprint density at radius 1 is 1.27 bits per heavy atom. The van der Waals surface area contributed by atoms with E-state index in [-0.39, 0.29) is 0 Å². The third-order valence-electron chi connectivity index (χ3n) is 1.88. The molecule has 0 atom stereocenters. The molecule has 0 N–H and O–H groups in total. The number of aromatic nitrogens is 2. The quantitative estimate of drug-likeness (QED) is 0.766. The van der Waals surface area contributed by atoms with Crippen LogP contribution in [0.1, 0.15) is 5.56 Å². The Balaban J connectivity index is 2.46. The smallest absolute Gasteiger partial charge is 0.102 e. The lowest BCUT2D eigenvalue weighted by Gasteiger charge is -2.02. The maximum atomic E-state index is 8.65. The van der Waals surface area contributed by atoms with Crippen LogP contribution in [0.2, 0.25) is 10.0 Å². The van der Waals surface area contributed by atoms with Gasteiger partial charge in [-0.25, -0.2) is 4.68 Å². The fourth-order valence-corrected chi connectivity index (χ4v) is 1.44. The minimum absolute atomic E-state index is 0.461. The van der Waals surface area contributed by atoms with Crippen molar-refractivity contribution in [3.8, 4) is 11.8 Å². The molecule has 0 aliphatic rings. The van der Waals surface area contributed by atoms with Crippen molar-refractivity contribution in [3.05, 3.63) is 46.2 Å². The van der Waals surface area contributed by atoms with Gasteiger partial charge in [0.1, 0.15) is 6.07 Å². The summed E-state index contributed by atoms with van der Waals surface area (Å²) in [7, 11) is 0. The Morgan fingerprint density at radius 3 is 2.67 bits per heavy atom. The number of nitriles is 1. The van der Waals surface area contributed by atoms with E-state index in [0.29, 0.717) is 15.6 Å². The van der Waals surface area contributed by atoms with Crippen LogP contribution in [-0.4, -0.2) is 9.78 Å². The Bertz CT molecular complexity index is 540. The zero-order valence-corrected chi connectivity index (χ0v) is 9.00. The topological polar surface area (TPSA) is 41.6 Å². The van der Waals surface area contributed by atoms with Crippen molar-refractivity contribution >= 4 is 23.2 Å². The van der Waals surface area contributed by atoms with Crippen LogP contribution in [0.4, 0.5) is 0 Å². The summed E-state index contributed by atoms with van der Waals surface area (Å²) >= 11 is 11.7. The molecule has 3 nitrogen and oxygen atoms in total. The van der Waals surface area contributed by atoms with Crippen molar-refractivity contribution in [2.24, 2.45) is 0 Å². The molecule has 1 aromatic carbocycles. The van der Waals surface area contributed by atoms with Crippen molar-refractivity contribution in [1.29, 1.82) is 5.26 Å². The van der Waals surface area contributed by atoms with E-state index >= 15 is 0 Å². The lowest BCUT2D eigenvalue weighted by molar-refractivity contribution is 0.880. The van der Waals surface area contributed by atoms with E-state index in [1.165, 1.54) is 6.20 Å². The molecular weight excluding hydrogens is 233 g/mol. The summed E-state index contributed by atoms with van der Waals surface area (Å²) in [6, 6.07) is 7.16. The maximum Gasteiger partial charge on any atom is 0.102 e. The molecule has 1 heterocycles. The molecule has 0 radical (unpaired) electrons. The first-order valence-corrected chi connectivity index (χ1v) is 4.86. The Kier molecular flexibility index (Phi) is 2.63. The van der Waals surface area contributed by atoms with E-state index in [1.807, 2.05) is 6.07 Å². The third-order valence-corrected chi connectivity index (χ3v) is 2.62. The van der Waals surface area contributed by atoms with E-state index in [4.69, 9.17) is 28.5 Å². The second-order valence-corrected chi connectivity index (χ2v) is 3.70. The average Bonchev–Trinajstić information content (AvgIpc) is 2.70. The normalized spacial score (nSPS) is 9.93. The van der Waals surface area contributed by atoms with E-state index in [2.05, 4.69) is 5.10 Å². The molecule has 0 unspecified atom stereocenters. The fourth-order valence-electron chi connectivity index (χ4n) is 1.15. The molecule has 74 valence electrons. The van der Waals surface area contributed by atoms with E-state index in [9.17, 15) is 0 Å². The lowest BCUT2D eigenvalue weighted by atomic mass is 10.3. The van der Waals surface area contributed by atoms with Gasteiger partial charge in [-0.15, -0.1) is 0 Å². The molecule has 15 heavy (non-hydrogen) atoms. The van der Waals surface area contributed by atoms with Gasteiger partial charge in [-0.3, -0.25) is 0 Å². The SMILES string of the molecule is N#Cc1cnn(-c2ccc(Cl)c(Cl)c2)c1. The van der Waals surface area contributed by atoms with Crippen molar-refractivity contribution in [1.82, 2.24) is 9.78 Å². The molecule has 0 aliphatic heterocycles. The predicted molar refractivity (Wildman–Crippen MR) is 58.3 cm³/mol. The van der Waals surface area contributed by atoms with Crippen LogP contribution in [0, 0.1) is 11.3 Å². The van der Waals surface area contributed by atoms with Crippen molar-refractivity contribution in [2.75, 3.05) is 0 Å². The van der Waals surface area contributed by atoms with Gasteiger partial charge in [0.2, 0.25) is 0 Å². The summed E-state index contributed by atoms with van der Waals surface area (Å²) in [5, 5.41) is 13.6. The maximum absolute atomic E-state index is 8.65. The molecule has 5 heteroatoms. The minimum atomic E-state index is 0.461. The van der Waals surface area contributed by atoms with Crippen LogP contribution < -0.4 is 0 Å². The van der Waals surface area contributed by atoms with Gasteiger partial charge >= 0.3 is 0 Å².